The first kappa shape index (κ1) is 16.8. The molecule has 0 fully saturated rings. The minimum Gasteiger partial charge on any atom is -0.310 e. The van der Waals surface area contributed by atoms with Gasteiger partial charge in [0, 0.05) is 15.5 Å². The average Bonchev–Trinajstić information content (AvgIpc) is 2.45. The lowest BCUT2D eigenvalue weighted by Crippen LogP contribution is -2.23. The number of likely N-dealkylation sites (N-methyl/N-ethyl adjacent to an activating group) is 1. The molecule has 0 spiro atoms. The van der Waals surface area contributed by atoms with E-state index in [1.54, 1.807) is 6.07 Å². The van der Waals surface area contributed by atoms with Crippen molar-refractivity contribution in [3.05, 3.63) is 67.9 Å². The highest BCUT2D eigenvalue weighted by Gasteiger charge is 2.15. The maximum atomic E-state index is 13.4. The number of hydrogen-bond donors (Lipinski definition) is 1. The molecule has 0 aliphatic rings. The second-order valence-electron chi connectivity index (χ2n) is 4.72. The summed E-state index contributed by atoms with van der Waals surface area (Å²) in [5.74, 6) is -0.276. The lowest BCUT2D eigenvalue weighted by Gasteiger charge is -2.20. The molecule has 0 heterocycles. The third-order valence-electron chi connectivity index (χ3n) is 3.23. The summed E-state index contributed by atoms with van der Waals surface area (Å²) in [4.78, 5) is 0. The molecule has 0 saturated carbocycles. The van der Waals surface area contributed by atoms with E-state index in [-0.39, 0.29) is 11.9 Å². The largest absolute Gasteiger partial charge is 0.310 e. The third kappa shape index (κ3) is 4.43. The highest BCUT2D eigenvalue weighted by atomic mass is 79.9. The molecule has 0 radical (unpaired) electrons. The van der Waals surface area contributed by atoms with Crippen molar-refractivity contribution in [1.29, 1.82) is 0 Å². The Labute approximate surface area is 142 Å². The Morgan fingerprint density at radius 2 is 1.86 bits per heavy atom. The van der Waals surface area contributed by atoms with Gasteiger partial charge >= 0.3 is 0 Å². The molecule has 1 N–H and O–H groups in total. The first-order chi connectivity index (χ1) is 10.0. The van der Waals surface area contributed by atoms with E-state index in [4.69, 9.17) is 23.2 Å². The van der Waals surface area contributed by atoms with Gasteiger partial charge in [-0.2, -0.15) is 0 Å². The molecule has 21 heavy (non-hydrogen) atoms. The maximum absolute atomic E-state index is 13.4. The van der Waals surface area contributed by atoms with Crippen LogP contribution in [0.1, 0.15) is 24.1 Å². The highest BCUT2D eigenvalue weighted by molar-refractivity contribution is 9.10. The fourth-order valence-corrected chi connectivity index (χ4v) is 2.91. The SMILES string of the molecule is CCNC(Cc1cc(F)ccc1Cl)c1ccc(Cl)c(Br)c1. The molecule has 0 aliphatic heterocycles. The van der Waals surface area contributed by atoms with Gasteiger partial charge in [0.25, 0.3) is 0 Å². The predicted molar refractivity (Wildman–Crippen MR) is 90.7 cm³/mol. The van der Waals surface area contributed by atoms with Crippen LogP contribution in [-0.4, -0.2) is 6.54 Å². The topological polar surface area (TPSA) is 12.0 Å². The summed E-state index contributed by atoms with van der Waals surface area (Å²) in [6, 6.07) is 10.3. The summed E-state index contributed by atoms with van der Waals surface area (Å²) >= 11 is 15.6. The Kier molecular flexibility index (Phi) is 6.06. The van der Waals surface area contributed by atoms with Gasteiger partial charge in [0.1, 0.15) is 5.82 Å². The van der Waals surface area contributed by atoms with Crippen molar-refractivity contribution >= 4 is 39.1 Å². The Balaban J connectivity index is 2.30. The summed E-state index contributed by atoms with van der Waals surface area (Å²) < 4.78 is 14.2. The Bertz CT molecular complexity index is 634. The van der Waals surface area contributed by atoms with Crippen molar-refractivity contribution in [2.24, 2.45) is 0 Å². The van der Waals surface area contributed by atoms with Gasteiger partial charge in [-0.05, 0) is 70.4 Å². The highest BCUT2D eigenvalue weighted by Crippen LogP contribution is 2.29. The smallest absolute Gasteiger partial charge is 0.123 e. The molecular weight excluding hydrogens is 376 g/mol. The zero-order valence-corrected chi connectivity index (χ0v) is 14.6. The third-order valence-corrected chi connectivity index (χ3v) is 4.81. The van der Waals surface area contributed by atoms with Crippen molar-refractivity contribution in [2.45, 2.75) is 19.4 Å². The zero-order chi connectivity index (χ0) is 15.4. The minimum absolute atomic E-state index is 0.0443. The van der Waals surface area contributed by atoms with E-state index in [2.05, 4.69) is 21.2 Å². The van der Waals surface area contributed by atoms with Gasteiger partial charge in [-0.25, -0.2) is 4.39 Å². The maximum Gasteiger partial charge on any atom is 0.123 e. The Morgan fingerprint density at radius 3 is 2.52 bits per heavy atom. The van der Waals surface area contributed by atoms with Crippen molar-refractivity contribution < 1.29 is 4.39 Å². The molecule has 2 rings (SSSR count). The summed E-state index contributed by atoms with van der Waals surface area (Å²) in [6.45, 7) is 2.84. The van der Waals surface area contributed by atoms with Crippen LogP contribution >= 0.6 is 39.1 Å². The molecule has 1 unspecified atom stereocenters. The van der Waals surface area contributed by atoms with Crippen molar-refractivity contribution in [2.75, 3.05) is 6.54 Å². The minimum atomic E-state index is -0.276. The molecule has 0 amide bonds. The quantitative estimate of drug-likeness (QED) is 0.681. The predicted octanol–water partition coefficient (Wildman–Crippen LogP) is 5.79. The number of hydrogen-bond acceptors (Lipinski definition) is 1. The van der Waals surface area contributed by atoms with E-state index < -0.39 is 0 Å². The van der Waals surface area contributed by atoms with Gasteiger partial charge in [-0.15, -0.1) is 0 Å². The van der Waals surface area contributed by atoms with Crippen molar-refractivity contribution in [3.63, 3.8) is 0 Å². The van der Waals surface area contributed by atoms with Gasteiger partial charge in [-0.1, -0.05) is 36.2 Å². The summed E-state index contributed by atoms with van der Waals surface area (Å²) in [6.07, 6.45) is 0.610. The van der Waals surface area contributed by atoms with Crippen LogP contribution in [0.2, 0.25) is 10.0 Å². The zero-order valence-electron chi connectivity index (χ0n) is 11.5. The van der Waals surface area contributed by atoms with Gasteiger partial charge in [0.2, 0.25) is 0 Å². The van der Waals surface area contributed by atoms with Crippen LogP contribution in [-0.2, 0) is 6.42 Å². The number of rotatable bonds is 5. The Morgan fingerprint density at radius 1 is 1.14 bits per heavy atom. The van der Waals surface area contributed by atoms with Crippen LogP contribution in [0.4, 0.5) is 4.39 Å². The van der Waals surface area contributed by atoms with Crippen LogP contribution in [0.3, 0.4) is 0 Å². The molecule has 112 valence electrons. The lowest BCUT2D eigenvalue weighted by atomic mass is 9.98. The van der Waals surface area contributed by atoms with Gasteiger partial charge in [0.05, 0.1) is 5.02 Å². The fourth-order valence-electron chi connectivity index (χ4n) is 2.20. The van der Waals surface area contributed by atoms with Crippen LogP contribution in [0.15, 0.2) is 40.9 Å². The van der Waals surface area contributed by atoms with Gasteiger partial charge in [0.15, 0.2) is 0 Å². The molecule has 5 heteroatoms. The molecule has 1 nitrogen and oxygen atoms in total. The second-order valence-corrected chi connectivity index (χ2v) is 6.39. The average molecular weight is 391 g/mol. The van der Waals surface area contributed by atoms with Gasteiger partial charge < -0.3 is 5.32 Å². The van der Waals surface area contributed by atoms with Crippen molar-refractivity contribution in [1.82, 2.24) is 5.32 Å². The van der Waals surface area contributed by atoms with E-state index in [1.165, 1.54) is 12.1 Å². The number of halogens is 4. The molecule has 2 aromatic rings. The van der Waals surface area contributed by atoms with Crippen LogP contribution in [0.25, 0.3) is 0 Å². The van der Waals surface area contributed by atoms with Crippen LogP contribution < -0.4 is 5.32 Å². The van der Waals surface area contributed by atoms with E-state index in [0.29, 0.717) is 16.5 Å². The second kappa shape index (κ2) is 7.59. The van der Waals surface area contributed by atoms with Crippen LogP contribution in [0.5, 0.6) is 0 Å². The summed E-state index contributed by atoms with van der Waals surface area (Å²) in [5.41, 5.74) is 1.86. The summed E-state index contributed by atoms with van der Waals surface area (Å²) in [5, 5.41) is 4.64. The van der Waals surface area contributed by atoms with E-state index in [0.717, 1.165) is 22.1 Å². The van der Waals surface area contributed by atoms with Crippen molar-refractivity contribution in [3.8, 4) is 0 Å². The van der Waals surface area contributed by atoms with E-state index in [1.807, 2.05) is 25.1 Å². The molecule has 0 aliphatic carbocycles. The normalized spacial score (nSPS) is 12.4. The number of nitrogens with one attached hydrogen (secondary N) is 1. The monoisotopic (exact) mass is 389 g/mol. The molecular formula is C16H15BrCl2FN. The number of benzene rings is 2. The lowest BCUT2D eigenvalue weighted by molar-refractivity contribution is 0.546. The molecule has 0 saturated heterocycles. The molecule has 0 bridgehead atoms. The van der Waals surface area contributed by atoms with E-state index >= 15 is 0 Å². The molecule has 0 aromatic heterocycles. The first-order valence-electron chi connectivity index (χ1n) is 6.63. The summed E-state index contributed by atoms with van der Waals surface area (Å²) in [7, 11) is 0. The molecule has 2 aromatic carbocycles. The van der Waals surface area contributed by atoms with Gasteiger partial charge in [-0.3, -0.25) is 0 Å². The first-order valence-corrected chi connectivity index (χ1v) is 8.18. The van der Waals surface area contributed by atoms with E-state index in [9.17, 15) is 4.39 Å². The fraction of sp³-hybridized carbons (Fsp3) is 0.250. The standard InChI is InChI=1S/C16H15BrCl2FN/c1-2-21-16(10-3-5-15(19)13(17)8-10)9-11-7-12(20)4-6-14(11)18/h3-8,16,21H,2,9H2,1H3. The van der Waals surface area contributed by atoms with Crippen LogP contribution in [0, 0.1) is 5.82 Å². The molecule has 1 atom stereocenters. The Hall–Kier alpha value is -0.610.